The van der Waals surface area contributed by atoms with Crippen molar-refractivity contribution < 1.29 is 14.3 Å². The van der Waals surface area contributed by atoms with Gasteiger partial charge in [-0.1, -0.05) is 24.3 Å². The third kappa shape index (κ3) is 4.02. The number of hydrogen-bond acceptors (Lipinski definition) is 4. The maximum absolute atomic E-state index is 13.0. The molecule has 2 aliphatic rings. The topological polar surface area (TPSA) is 53.1 Å². The molecule has 146 valence electrons. The van der Waals surface area contributed by atoms with E-state index in [0.29, 0.717) is 50.5 Å². The SMILES string of the molecule is O=C(c1cccc(C(=O)N2CCN(c3ccccc3)CC2)c1)N1CCOCC1. The highest BCUT2D eigenvalue weighted by atomic mass is 16.5. The van der Waals surface area contributed by atoms with Crippen LogP contribution in [0, 0.1) is 0 Å². The van der Waals surface area contributed by atoms with Crippen molar-refractivity contribution in [2.24, 2.45) is 0 Å². The lowest BCUT2D eigenvalue weighted by atomic mass is 10.1. The van der Waals surface area contributed by atoms with Crippen molar-refractivity contribution in [2.75, 3.05) is 57.4 Å². The van der Waals surface area contributed by atoms with Gasteiger partial charge in [-0.05, 0) is 30.3 Å². The molecular weight excluding hydrogens is 354 g/mol. The van der Waals surface area contributed by atoms with Crippen LogP contribution in [0.1, 0.15) is 20.7 Å². The van der Waals surface area contributed by atoms with Gasteiger partial charge >= 0.3 is 0 Å². The van der Waals surface area contributed by atoms with Crippen molar-refractivity contribution >= 4 is 17.5 Å². The molecule has 0 aromatic heterocycles. The Morgan fingerprint density at radius 2 is 1.25 bits per heavy atom. The maximum Gasteiger partial charge on any atom is 0.254 e. The number of amides is 2. The van der Waals surface area contributed by atoms with E-state index in [1.807, 2.05) is 23.1 Å². The van der Waals surface area contributed by atoms with E-state index >= 15 is 0 Å². The molecule has 0 spiro atoms. The van der Waals surface area contributed by atoms with Crippen LogP contribution in [0.4, 0.5) is 5.69 Å². The van der Waals surface area contributed by atoms with Crippen molar-refractivity contribution in [3.63, 3.8) is 0 Å². The minimum atomic E-state index is -0.0353. The number of anilines is 1. The number of carbonyl (C=O) groups excluding carboxylic acids is 2. The van der Waals surface area contributed by atoms with Crippen LogP contribution >= 0.6 is 0 Å². The van der Waals surface area contributed by atoms with Gasteiger partial charge in [0, 0.05) is 56.1 Å². The van der Waals surface area contributed by atoms with Gasteiger partial charge in [0.05, 0.1) is 13.2 Å². The highest BCUT2D eigenvalue weighted by Crippen LogP contribution is 2.18. The van der Waals surface area contributed by atoms with Crippen LogP contribution < -0.4 is 4.90 Å². The Morgan fingerprint density at radius 3 is 1.86 bits per heavy atom. The van der Waals surface area contributed by atoms with Gasteiger partial charge in [0.1, 0.15) is 0 Å². The first kappa shape index (κ1) is 18.5. The molecule has 6 heteroatoms. The van der Waals surface area contributed by atoms with Crippen molar-refractivity contribution in [3.05, 3.63) is 65.7 Å². The van der Waals surface area contributed by atoms with E-state index in [1.54, 1.807) is 29.2 Å². The molecule has 2 fully saturated rings. The zero-order valence-electron chi connectivity index (χ0n) is 15.9. The van der Waals surface area contributed by atoms with Crippen molar-refractivity contribution in [1.82, 2.24) is 9.80 Å². The molecule has 0 aliphatic carbocycles. The highest BCUT2D eigenvalue weighted by Gasteiger charge is 2.24. The molecule has 0 N–H and O–H groups in total. The van der Waals surface area contributed by atoms with Crippen molar-refractivity contribution in [3.8, 4) is 0 Å². The number of rotatable bonds is 3. The third-order valence-electron chi connectivity index (χ3n) is 5.34. The van der Waals surface area contributed by atoms with E-state index in [2.05, 4.69) is 17.0 Å². The lowest BCUT2D eigenvalue weighted by Crippen LogP contribution is -2.48. The summed E-state index contributed by atoms with van der Waals surface area (Å²) in [5.74, 6) is -0.0452. The number of benzene rings is 2. The predicted octanol–water partition coefficient (Wildman–Crippen LogP) is 2.12. The van der Waals surface area contributed by atoms with Gasteiger partial charge in [-0.15, -0.1) is 0 Å². The molecule has 4 rings (SSSR count). The number of hydrogen-bond donors (Lipinski definition) is 0. The Labute approximate surface area is 165 Å². The lowest BCUT2D eigenvalue weighted by Gasteiger charge is -2.36. The summed E-state index contributed by atoms with van der Waals surface area (Å²) >= 11 is 0. The normalized spacial score (nSPS) is 17.5. The van der Waals surface area contributed by atoms with Gasteiger partial charge in [0.25, 0.3) is 11.8 Å². The molecule has 0 radical (unpaired) electrons. The quantitative estimate of drug-likeness (QED) is 0.820. The first-order valence-corrected chi connectivity index (χ1v) is 9.79. The van der Waals surface area contributed by atoms with Gasteiger partial charge in [-0.3, -0.25) is 9.59 Å². The minimum Gasteiger partial charge on any atom is -0.378 e. The van der Waals surface area contributed by atoms with Crippen molar-refractivity contribution in [2.45, 2.75) is 0 Å². The van der Waals surface area contributed by atoms with Crippen LogP contribution in [0.2, 0.25) is 0 Å². The van der Waals surface area contributed by atoms with E-state index in [-0.39, 0.29) is 11.8 Å². The largest absolute Gasteiger partial charge is 0.378 e. The fourth-order valence-electron chi connectivity index (χ4n) is 3.72. The minimum absolute atomic E-state index is 0.00987. The summed E-state index contributed by atoms with van der Waals surface area (Å²) in [5, 5.41) is 0. The van der Waals surface area contributed by atoms with Crippen LogP contribution in [0.5, 0.6) is 0 Å². The molecule has 2 amide bonds. The van der Waals surface area contributed by atoms with E-state index in [9.17, 15) is 9.59 Å². The van der Waals surface area contributed by atoms with E-state index in [4.69, 9.17) is 4.74 Å². The summed E-state index contributed by atoms with van der Waals surface area (Å²) in [5.41, 5.74) is 2.33. The van der Waals surface area contributed by atoms with Gasteiger partial charge in [-0.2, -0.15) is 0 Å². The summed E-state index contributed by atoms with van der Waals surface area (Å²) < 4.78 is 5.31. The second kappa shape index (κ2) is 8.44. The van der Waals surface area contributed by atoms with E-state index in [1.165, 1.54) is 5.69 Å². The van der Waals surface area contributed by atoms with Crippen molar-refractivity contribution in [1.29, 1.82) is 0 Å². The molecular formula is C22H25N3O3. The van der Waals surface area contributed by atoms with E-state index < -0.39 is 0 Å². The Balaban J connectivity index is 1.40. The zero-order valence-corrected chi connectivity index (χ0v) is 15.9. The maximum atomic E-state index is 13.0. The third-order valence-corrected chi connectivity index (χ3v) is 5.34. The van der Waals surface area contributed by atoms with Crippen LogP contribution in [-0.2, 0) is 4.74 Å². The number of piperazine rings is 1. The molecule has 2 aliphatic heterocycles. The Morgan fingerprint density at radius 1 is 0.679 bits per heavy atom. The Kier molecular flexibility index (Phi) is 5.58. The molecule has 2 saturated heterocycles. The number of carbonyl (C=O) groups is 2. The molecule has 0 bridgehead atoms. The summed E-state index contributed by atoms with van der Waals surface area (Å²) in [6.07, 6.45) is 0. The molecule has 2 heterocycles. The van der Waals surface area contributed by atoms with Gasteiger partial charge in [0.2, 0.25) is 0 Å². The zero-order chi connectivity index (χ0) is 19.3. The first-order chi connectivity index (χ1) is 13.7. The average molecular weight is 379 g/mol. The molecule has 2 aromatic rings. The standard InChI is InChI=1S/C22H25N3O3/c26-21(24-11-9-23(10-12-24)20-7-2-1-3-8-20)18-5-4-6-19(17-18)22(27)25-13-15-28-16-14-25/h1-8,17H,9-16H2. The Hall–Kier alpha value is -2.86. The lowest BCUT2D eigenvalue weighted by molar-refractivity contribution is 0.0303. The van der Waals surface area contributed by atoms with Gasteiger partial charge in [0.15, 0.2) is 0 Å². The van der Waals surface area contributed by atoms with Gasteiger partial charge < -0.3 is 19.4 Å². The number of nitrogens with zero attached hydrogens (tertiary/aromatic N) is 3. The van der Waals surface area contributed by atoms with E-state index in [0.717, 1.165) is 13.1 Å². The number of morpholine rings is 1. The second-order valence-corrected chi connectivity index (χ2v) is 7.10. The summed E-state index contributed by atoms with van der Waals surface area (Å²) in [6.45, 7) is 5.29. The summed E-state index contributed by atoms with van der Waals surface area (Å²) in [6, 6.07) is 17.4. The molecule has 6 nitrogen and oxygen atoms in total. The van der Waals surface area contributed by atoms with Gasteiger partial charge in [-0.25, -0.2) is 0 Å². The van der Waals surface area contributed by atoms with Crippen LogP contribution in [0.3, 0.4) is 0 Å². The summed E-state index contributed by atoms with van der Waals surface area (Å²) in [7, 11) is 0. The highest BCUT2D eigenvalue weighted by molar-refractivity contribution is 5.99. The predicted molar refractivity (Wildman–Crippen MR) is 108 cm³/mol. The molecule has 0 atom stereocenters. The van der Waals surface area contributed by atoms with Crippen LogP contribution in [0.25, 0.3) is 0 Å². The Bertz CT molecular complexity index is 826. The molecule has 28 heavy (non-hydrogen) atoms. The monoisotopic (exact) mass is 379 g/mol. The molecule has 2 aromatic carbocycles. The average Bonchev–Trinajstić information content (AvgIpc) is 2.79. The second-order valence-electron chi connectivity index (χ2n) is 7.10. The van der Waals surface area contributed by atoms with Crippen LogP contribution in [-0.4, -0.2) is 74.1 Å². The molecule has 0 unspecified atom stereocenters. The fraction of sp³-hybridized carbons (Fsp3) is 0.364. The smallest absolute Gasteiger partial charge is 0.254 e. The molecule has 0 saturated carbocycles. The summed E-state index contributed by atoms with van der Waals surface area (Å²) in [4.78, 5) is 31.6. The number of para-hydroxylation sites is 1. The number of ether oxygens (including phenoxy) is 1. The fourth-order valence-corrected chi connectivity index (χ4v) is 3.72. The van der Waals surface area contributed by atoms with Crippen LogP contribution in [0.15, 0.2) is 54.6 Å². The first-order valence-electron chi connectivity index (χ1n) is 9.79.